The Hall–Kier alpha value is -2.95. The quantitative estimate of drug-likeness (QED) is 0.733. The first-order chi connectivity index (χ1) is 13.6. The minimum Gasteiger partial charge on any atom is -0.349 e. The fourth-order valence-corrected chi connectivity index (χ4v) is 4.09. The van der Waals surface area contributed by atoms with Crippen LogP contribution in [0.25, 0.3) is 11.1 Å². The number of aromatic nitrogens is 3. The van der Waals surface area contributed by atoms with Crippen LogP contribution in [0.5, 0.6) is 0 Å². The molecule has 1 N–H and O–H groups in total. The summed E-state index contributed by atoms with van der Waals surface area (Å²) in [4.78, 5) is 17.5. The van der Waals surface area contributed by atoms with E-state index in [2.05, 4.69) is 33.2 Å². The summed E-state index contributed by atoms with van der Waals surface area (Å²) in [6.45, 7) is 3.97. The first-order valence-corrected chi connectivity index (χ1v) is 9.94. The molecule has 1 aliphatic carbocycles. The van der Waals surface area contributed by atoms with Gasteiger partial charge in [-0.25, -0.2) is 0 Å². The number of carbonyl (C=O) groups is 1. The van der Waals surface area contributed by atoms with Crippen LogP contribution in [-0.2, 0) is 0 Å². The lowest BCUT2D eigenvalue weighted by Crippen LogP contribution is -2.38. The highest BCUT2D eigenvalue weighted by molar-refractivity contribution is 6.01. The topological polar surface area (TPSA) is 59.8 Å². The van der Waals surface area contributed by atoms with Crippen LogP contribution in [0.15, 0.2) is 55.0 Å². The summed E-state index contributed by atoms with van der Waals surface area (Å²) in [6, 6.07) is 12.6. The average Bonchev–Trinajstić information content (AvgIpc) is 3.15. The molecular weight excluding hydrogens is 348 g/mol. The van der Waals surface area contributed by atoms with Crippen LogP contribution in [-0.4, -0.2) is 26.7 Å². The Morgan fingerprint density at radius 1 is 1.07 bits per heavy atom. The molecule has 1 fully saturated rings. The van der Waals surface area contributed by atoms with Gasteiger partial charge in [0.1, 0.15) is 0 Å². The Morgan fingerprint density at radius 3 is 2.50 bits per heavy atom. The van der Waals surface area contributed by atoms with Gasteiger partial charge in [-0.3, -0.25) is 14.5 Å². The normalized spacial score (nSPS) is 19.4. The van der Waals surface area contributed by atoms with Crippen molar-refractivity contribution < 1.29 is 4.79 Å². The molecule has 3 aromatic rings. The minimum atomic E-state index is -0.0252. The molecule has 1 amide bonds. The summed E-state index contributed by atoms with van der Waals surface area (Å²) in [7, 11) is 0. The van der Waals surface area contributed by atoms with Gasteiger partial charge in [-0.05, 0) is 62.3 Å². The number of pyridine rings is 1. The number of aryl methyl sites for hydroxylation is 2. The van der Waals surface area contributed by atoms with E-state index in [1.165, 1.54) is 5.56 Å². The third-order valence-corrected chi connectivity index (χ3v) is 5.59. The summed E-state index contributed by atoms with van der Waals surface area (Å²) in [5.41, 5.74) is 4.61. The van der Waals surface area contributed by atoms with E-state index in [-0.39, 0.29) is 11.9 Å². The molecule has 0 atom stereocenters. The Bertz CT molecular complexity index is 956. The van der Waals surface area contributed by atoms with Gasteiger partial charge in [-0.15, -0.1) is 0 Å². The van der Waals surface area contributed by atoms with Crippen LogP contribution < -0.4 is 5.32 Å². The van der Waals surface area contributed by atoms with Crippen molar-refractivity contribution in [1.82, 2.24) is 20.1 Å². The fourth-order valence-electron chi connectivity index (χ4n) is 4.09. The summed E-state index contributed by atoms with van der Waals surface area (Å²) in [6.07, 6.45) is 9.78. The molecule has 4 rings (SSSR count). The number of nitrogens with one attached hydrogen (secondary N) is 1. The van der Waals surface area contributed by atoms with Gasteiger partial charge < -0.3 is 5.32 Å². The van der Waals surface area contributed by atoms with E-state index in [1.807, 2.05) is 49.5 Å². The second-order valence-corrected chi connectivity index (χ2v) is 7.66. The van der Waals surface area contributed by atoms with E-state index in [1.54, 1.807) is 6.20 Å². The highest BCUT2D eigenvalue weighted by Gasteiger charge is 2.25. The zero-order valence-electron chi connectivity index (χ0n) is 16.4. The van der Waals surface area contributed by atoms with Crippen molar-refractivity contribution in [2.75, 3.05) is 0 Å². The van der Waals surface area contributed by atoms with Gasteiger partial charge in [0.05, 0.1) is 23.5 Å². The third kappa shape index (κ3) is 3.84. The van der Waals surface area contributed by atoms with Crippen molar-refractivity contribution in [2.45, 2.75) is 51.6 Å². The average molecular weight is 374 g/mol. The van der Waals surface area contributed by atoms with Crippen molar-refractivity contribution in [2.24, 2.45) is 0 Å². The maximum absolute atomic E-state index is 13.1. The zero-order chi connectivity index (χ0) is 19.5. The monoisotopic (exact) mass is 374 g/mol. The second kappa shape index (κ2) is 7.97. The maximum Gasteiger partial charge on any atom is 0.253 e. The van der Waals surface area contributed by atoms with Crippen LogP contribution in [0.2, 0.25) is 0 Å². The zero-order valence-corrected chi connectivity index (χ0v) is 16.4. The van der Waals surface area contributed by atoms with E-state index in [0.717, 1.165) is 42.5 Å². The molecule has 0 radical (unpaired) electrons. The lowest BCUT2D eigenvalue weighted by Gasteiger charge is -2.29. The van der Waals surface area contributed by atoms with Gasteiger partial charge in [0, 0.05) is 18.4 Å². The number of hydrogen-bond donors (Lipinski definition) is 1. The lowest BCUT2D eigenvalue weighted by atomic mass is 9.90. The SMILES string of the molecule is Cc1cnn(C2CCC(NC(=O)c3c(-c4ccccc4)ccnc3C)CC2)c1. The third-order valence-electron chi connectivity index (χ3n) is 5.59. The van der Waals surface area contributed by atoms with Crippen LogP contribution >= 0.6 is 0 Å². The summed E-state index contributed by atoms with van der Waals surface area (Å²) < 4.78 is 2.08. The molecular formula is C23H26N4O. The Kier molecular flexibility index (Phi) is 5.24. The molecule has 2 aromatic heterocycles. The first-order valence-electron chi connectivity index (χ1n) is 9.94. The molecule has 0 unspecified atom stereocenters. The van der Waals surface area contributed by atoms with Crippen LogP contribution in [0.1, 0.15) is 53.3 Å². The van der Waals surface area contributed by atoms with Gasteiger partial charge in [-0.1, -0.05) is 30.3 Å². The molecule has 1 saturated carbocycles. The van der Waals surface area contributed by atoms with E-state index in [9.17, 15) is 4.79 Å². The molecule has 0 saturated heterocycles. The lowest BCUT2D eigenvalue weighted by molar-refractivity contribution is 0.0921. The molecule has 0 aliphatic heterocycles. The number of carbonyl (C=O) groups excluding carboxylic acids is 1. The van der Waals surface area contributed by atoms with E-state index >= 15 is 0 Å². The van der Waals surface area contributed by atoms with E-state index in [4.69, 9.17) is 0 Å². The molecule has 1 aliphatic rings. The van der Waals surface area contributed by atoms with E-state index in [0.29, 0.717) is 11.6 Å². The Morgan fingerprint density at radius 2 is 1.82 bits per heavy atom. The second-order valence-electron chi connectivity index (χ2n) is 7.66. The largest absolute Gasteiger partial charge is 0.349 e. The predicted molar refractivity (Wildman–Crippen MR) is 110 cm³/mol. The number of rotatable bonds is 4. The van der Waals surface area contributed by atoms with Gasteiger partial charge in [0.2, 0.25) is 0 Å². The van der Waals surface area contributed by atoms with Crippen LogP contribution in [0.3, 0.4) is 0 Å². The van der Waals surface area contributed by atoms with Crippen molar-refractivity contribution in [3.63, 3.8) is 0 Å². The van der Waals surface area contributed by atoms with Crippen LogP contribution in [0.4, 0.5) is 0 Å². The molecule has 5 heteroatoms. The highest BCUT2D eigenvalue weighted by atomic mass is 16.1. The molecule has 2 heterocycles. The smallest absolute Gasteiger partial charge is 0.253 e. The standard InChI is InChI=1S/C23H26N4O/c1-16-14-25-27(15-16)20-10-8-19(9-11-20)26-23(28)22-17(2)24-13-12-21(22)18-6-4-3-5-7-18/h3-7,12-15,19-20H,8-11H2,1-2H3,(H,26,28). The molecule has 0 bridgehead atoms. The van der Waals surface area contributed by atoms with Gasteiger partial charge in [-0.2, -0.15) is 5.10 Å². The van der Waals surface area contributed by atoms with Gasteiger partial charge in [0.25, 0.3) is 5.91 Å². The number of hydrogen-bond acceptors (Lipinski definition) is 3. The van der Waals surface area contributed by atoms with Gasteiger partial charge in [0.15, 0.2) is 0 Å². The molecule has 0 spiro atoms. The molecule has 28 heavy (non-hydrogen) atoms. The summed E-state index contributed by atoms with van der Waals surface area (Å²) >= 11 is 0. The number of amides is 1. The molecule has 5 nitrogen and oxygen atoms in total. The highest BCUT2D eigenvalue weighted by Crippen LogP contribution is 2.29. The van der Waals surface area contributed by atoms with Crippen molar-refractivity contribution in [1.29, 1.82) is 0 Å². The van der Waals surface area contributed by atoms with Crippen molar-refractivity contribution in [3.05, 3.63) is 71.8 Å². The Labute approximate surface area is 165 Å². The Balaban J connectivity index is 1.46. The van der Waals surface area contributed by atoms with Gasteiger partial charge >= 0.3 is 0 Å². The molecule has 144 valence electrons. The fraction of sp³-hybridized carbons (Fsp3) is 0.348. The van der Waals surface area contributed by atoms with Crippen LogP contribution in [0, 0.1) is 13.8 Å². The summed E-state index contributed by atoms with van der Waals surface area (Å²) in [5, 5.41) is 7.71. The summed E-state index contributed by atoms with van der Waals surface area (Å²) in [5.74, 6) is -0.0252. The minimum absolute atomic E-state index is 0.0252. The van der Waals surface area contributed by atoms with Crippen molar-refractivity contribution >= 4 is 5.91 Å². The van der Waals surface area contributed by atoms with E-state index < -0.39 is 0 Å². The molecule has 1 aromatic carbocycles. The maximum atomic E-state index is 13.1. The number of benzene rings is 1. The van der Waals surface area contributed by atoms with Crippen molar-refractivity contribution in [3.8, 4) is 11.1 Å². The number of nitrogens with zero attached hydrogens (tertiary/aromatic N) is 3. The first kappa shape index (κ1) is 18.4. The predicted octanol–water partition coefficient (Wildman–Crippen LogP) is 4.48.